The molecule has 0 bridgehead atoms. The molecule has 0 amide bonds. The highest BCUT2D eigenvalue weighted by molar-refractivity contribution is 5.49. The zero-order chi connectivity index (χ0) is 17.4. The molecule has 0 aromatic heterocycles. The first-order valence-corrected chi connectivity index (χ1v) is 8.94. The number of fused-ring (bicyclic) bond motifs is 3. The maximum atomic E-state index is 13.2. The summed E-state index contributed by atoms with van der Waals surface area (Å²) in [5, 5.41) is 0. The molecule has 0 N–H and O–H groups in total. The number of rotatable bonds is 3. The lowest BCUT2D eigenvalue weighted by Crippen LogP contribution is -2.40. The molecule has 0 aliphatic carbocycles. The van der Waals surface area contributed by atoms with Gasteiger partial charge in [0.05, 0.1) is 14.2 Å². The van der Waals surface area contributed by atoms with Gasteiger partial charge in [-0.05, 0) is 72.7 Å². The van der Waals surface area contributed by atoms with Crippen molar-refractivity contribution in [1.82, 2.24) is 4.90 Å². The van der Waals surface area contributed by atoms with Crippen molar-refractivity contribution in [1.29, 1.82) is 0 Å². The number of nitrogens with zero attached hydrogens (tertiary/aromatic N) is 1. The molecule has 2 aliphatic heterocycles. The molecule has 2 unspecified atom stereocenters. The lowest BCUT2D eigenvalue weighted by Gasteiger charge is -2.43. The zero-order valence-electron chi connectivity index (χ0n) is 14.8. The van der Waals surface area contributed by atoms with Gasteiger partial charge in [-0.1, -0.05) is 12.1 Å². The molecule has 1 fully saturated rings. The summed E-state index contributed by atoms with van der Waals surface area (Å²) in [4.78, 5) is 2.58. The highest BCUT2D eigenvalue weighted by atomic mass is 19.1. The Balaban J connectivity index is 1.66. The Hall–Kier alpha value is -2.07. The zero-order valence-corrected chi connectivity index (χ0v) is 14.8. The predicted molar refractivity (Wildman–Crippen MR) is 95.9 cm³/mol. The van der Waals surface area contributed by atoms with Gasteiger partial charge in [0.15, 0.2) is 11.5 Å². The Labute approximate surface area is 148 Å². The van der Waals surface area contributed by atoms with Crippen molar-refractivity contribution in [3.8, 4) is 11.5 Å². The first-order valence-electron chi connectivity index (χ1n) is 8.94. The Morgan fingerprint density at radius 3 is 2.44 bits per heavy atom. The molecule has 1 saturated heterocycles. The fourth-order valence-corrected chi connectivity index (χ4v) is 4.37. The van der Waals surface area contributed by atoms with Crippen molar-refractivity contribution in [2.24, 2.45) is 0 Å². The lowest BCUT2D eigenvalue weighted by molar-refractivity contribution is 0.125. The Morgan fingerprint density at radius 1 is 1.00 bits per heavy atom. The first-order chi connectivity index (χ1) is 12.2. The molecule has 4 heteroatoms. The second-order valence-corrected chi connectivity index (χ2v) is 6.98. The number of hydrogen-bond donors (Lipinski definition) is 0. The molecular formula is C21H24FNO2. The van der Waals surface area contributed by atoms with Gasteiger partial charge < -0.3 is 9.47 Å². The maximum Gasteiger partial charge on any atom is 0.161 e. The van der Waals surface area contributed by atoms with Crippen LogP contribution in [0.15, 0.2) is 36.4 Å². The minimum atomic E-state index is -0.166. The number of ether oxygens (including phenoxy) is 2. The van der Waals surface area contributed by atoms with Crippen LogP contribution < -0.4 is 9.47 Å². The van der Waals surface area contributed by atoms with Crippen molar-refractivity contribution in [3.63, 3.8) is 0 Å². The topological polar surface area (TPSA) is 21.7 Å². The van der Waals surface area contributed by atoms with Crippen LogP contribution in [0.1, 0.15) is 41.5 Å². The maximum absolute atomic E-state index is 13.2. The van der Waals surface area contributed by atoms with Crippen molar-refractivity contribution >= 4 is 0 Å². The van der Waals surface area contributed by atoms with Gasteiger partial charge in [-0.15, -0.1) is 0 Å². The number of benzene rings is 2. The third-order valence-corrected chi connectivity index (χ3v) is 5.73. The fourth-order valence-electron chi connectivity index (χ4n) is 4.37. The Bertz CT molecular complexity index is 759. The molecule has 4 rings (SSSR count). The van der Waals surface area contributed by atoms with E-state index in [1.165, 1.54) is 16.7 Å². The Morgan fingerprint density at radius 2 is 1.72 bits per heavy atom. The summed E-state index contributed by atoms with van der Waals surface area (Å²) in [5.41, 5.74) is 3.96. The molecule has 3 nitrogen and oxygen atoms in total. The largest absolute Gasteiger partial charge is 0.493 e. The van der Waals surface area contributed by atoms with Crippen LogP contribution in [0.25, 0.3) is 0 Å². The average Bonchev–Trinajstić information content (AvgIpc) is 2.66. The number of piperidine rings is 1. The van der Waals surface area contributed by atoms with Gasteiger partial charge in [0.1, 0.15) is 5.82 Å². The van der Waals surface area contributed by atoms with Crippen molar-refractivity contribution in [2.75, 3.05) is 27.3 Å². The van der Waals surface area contributed by atoms with Gasteiger partial charge in [0.2, 0.25) is 0 Å². The molecule has 2 aromatic rings. The first kappa shape index (κ1) is 16.4. The van der Waals surface area contributed by atoms with Gasteiger partial charge in [-0.25, -0.2) is 4.39 Å². The predicted octanol–water partition coefficient (Wildman–Crippen LogP) is 4.32. The van der Waals surface area contributed by atoms with Gasteiger partial charge in [-0.3, -0.25) is 4.90 Å². The van der Waals surface area contributed by atoms with Crippen LogP contribution in [0.2, 0.25) is 0 Å². The molecule has 0 saturated carbocycles. The molecule has 25 heavy (non-hydrogen) atoms. The Kier molecular flexibility index (Phi) is 4.38. The average molecular weight is 341 g/mol. The summed E-state index contributed by atoms with van der Waals surface area (Å²) >= 11 is 0. The number of methoxy groups -OCH3 is 2. The van der Waals surface area contributed by atoms with Crippen molar-refractivity contribution < 1.29 is 13.9 Å². The van der Waals surface area contributed by atoms with Crippen LogP contribution in [0, 0.1) is 5.82 Å². The minimum Gasteiger partial charge on any atom is -0.493 e. The van der Waals surface area contributed by atoms with Gasteiger partial charge in [0.25, 0.3) is 0 Å². The fraction of sp³-hybridized carbons (Fsp3) is 0.429. The summed E-state index contributed by atoms with van der Waals surface area (Å²) < 4.78 is 24.2. The molecule has 0 radical (unpaired) electrons. The smallest absolute Gasteiger partial charge is 0.161 e. The van der Waals surface area contributed by atoms with E-state index >= 15 is 0 Å². The summed E-state index contributed by atoms with van der Waals surface area (Å²) in [6.07, 6.45) is 3.24. The molecule has 2 aromatic carbocycles. The van der Waals surface area contributed by atoms with Crippen LogP contribution >= 0.6 is 0 Å². The summed E-state index contributed by atoms with van der Waals surface area (Å²) in [5.74, 6) is 1.91. The molecule has 2 heterocycles. The van der Waals surface area contributed by atoms with E-state index < -0.39 is 0 Å². The van der Waals surface area contributed by atoms with Gasteiger partial charge >= 0.3 is 0 Å². The third kappa shape index (κ3) is 2.99. The highest BCUT2D eigenvalue weighted by Gasteiger charge is 2.34. The van der Waals surface area contributed by atoms with Gasteiger partial charge in [0, 0.05) is 12.6 Å². The van der Waals surface area contributed by atoms with E-state index in [2.05, 4.69) is 17.0 Å². The molecule has 2 atom stereocenters. The second kappa shape index (κ2) is 6.68. The van der Waals surface area contributed by atoms with E-state index in [1.54, 1.807) is 26.4 Å². The quantitative estimate of drug-likeness (QED) is 0.830. The lowest BCUT2D eigenvalue weighted by atomic mass is 9.79. The highest BCUT2D eigenvalue weighted by Crippen LogP contribution is 2.45. The number of halogens is 1. The second-order valence-electron chi connectivity index (χ2n) is 6.98. The molecule has 0 spiro atoms. The van der Waals surface area contributed by atoms with Crippen LogP contribution in [-0.2, 0) is 6.42 Å². The van der Waals surface area contributed by atoms with Crippen LogP contribution in [0.4, 0.5) is 4.39 Å². The van der Waals surface area contributed by atoms with Crippen molar-refractivity contribution in [2.45, 2.75) is 31.2 Å². The van der Waals surface area contributed by atoms with E-state index in [-0.39, 0.29) is 5.82 Å². The van der Waals surface area contributed by atoms with Gasteiger partial charge in [-0.2, -0.15) is 0 Å². The van der Waals surface area contributed by atoms with E-state index in [1.807, 2.05) is 12.1 Å². The molecule has 2 aliphatic rings. The van der Waals surface area contributed by atoms with Crippen LogP contribution in [-0.4, -0.2) is 32.2 Å². The third-order valence-electron chi connectivity index (χ3n) is 5.73. The number of hydrogen-bond acceptors (Lipinski definition) is 3. The van der Waals surface area contributed by atoms with E-state index in [0.29, 0.717) is 12.0 Å². The summed E-state index contributed by atoms with van der Waals surface area (Å²) in [7, 11) is 3.37. The van der Waals surface area contributed by atoms with Crippen LogP contribution in [0.5, 0.6) is 11.5 Å². The normalized spacial score (nSPS) is 22.8. The molecule has 132 valence electrons. The van der Waals surface area contributed by atoms with E-state index in [0.717, 1.165) is 43.9 Å². The van der Waals surface area contributed by atoms with Crippen molar-refractivity contribution in [3.05, 3.63) is 58.9 Å². The van der Waals surface area contributed by atoms with E-state index in [9.17, 15) is 4.39 Å². The monoisotopic (exact) mass is 341 g/mol. The molecular weight excluding hydrogens is 317 g/mol. The van der Waals surface area contributed by atoms with Crippen LogP contribution in [0.3, 0.4) is 0 Å². The SMILES string of the molecule is COc1cc2c(cc1OC)C1CC(c3ccc(F)cc3)CCN1CC2. The summed E-state index contributed by atoms with van der Waals surface area (Å²) in [6.45, 7) is 2.17. The standard InChI is InChI=1S/C21H24FNO2/c1-24-20-12-16-8-10-23-9-7-15(14-3-5-17(22)6-4-14)11-19(23)18(16)13-21(20)25-2/h3-6,12-13,15,19H,7-11H2,1-2H3. The van der Waals surface area contributed by atoms with E-state index in [4.69, 9.17) is 9.47 Å². The summed E-state index contributed by atoms with van der Waals surface area (Å²) in [6, 6.07) is 11.7. The minimum absolute atomic E-state index is 0.166.